The first-order valence-corrected chi connectivity index (χ1v) is 7.41. The number of aliphatic imine (C=N–C) groups is 1. The van der Waals surface area contributed by atoms with Gasteiger partial charge in [-0.3, -0.25) is 4.99 Å². The number of anilines is 1. The molecule has 0 atom stereocenters. The van der Waals surface area contributed by atoms with Crippen LogP contribution in [0.15, 0.2) is 23.2 Å². The highest BCUT2D eigenvalue weighted by molar-refractivity contribution is 8.14. The minimum Gasteiger partial charge on any atom is -0.333 e. The summed E-state index contributed by atoms with van der Waals surface area (Å²) in [5.41, 5.74) is 1.74. The Kier molecular flexibility index (Phi) is 3.06. The lowest BCUT2D eigenvalue weighted by Crippen LogP contribution is -2.21. The Morgan fingerprint density at radius 3 is 2.89 bits per heavy atom. The maximum absolute atomic E-state index is 13.7. The predicted molar refractivity (Wildman–Crippen MR) is 75.9 cm³/mol. The molecule has 96 valence electrons. The van der Waals surface area contributed by atoms with Crippen LogP contribution in [0.4, 0.5) is 10.1 Å². The minimum absolute atomic E-state index is 0.146. The standard InChI is InChI=1S/C14H17FN2S/c1-10-4-5-11(15)12(8-10)16-13-17-14(9-18-13)6-2-3-7-14/h4-5,8H,2-3,6-7,9H2,1H3,(H,16,17). The van der Waals surface area contributed by atoms with Gasteiger partial charge in [-0.2, -0.15) is 0 Å². The van der Waals surface area contributed by atoms with Crippen LogP contribution in [-0.4, -0.2) is 16.5 Å². The van der Waals surface area contributed by atoms with Gasteiger partial charge in [0.25, 0.3) is 0 Å². The third-order valence-electron chi connectivity index (χ3n) is 3.71. The number of nitrogens with one attached hydrogen (secondary N) is 1. The van der Waals surface area contributed by atoms with Crippen molar-refractivity contribution in [2.75, 3.05) is 11.1 Å². The molecule has 0 unspecified atom stereocenters. The number of nitrogens with zero attached hydrogens (tertiary/aromatic N) is 1. The maximum Gasteiger partial charge on any atom is 0.161 e. The van der Waals surface area contributed by atoms with Gasteiger partial charge in [0.2, 0.25) is 0 Å². The van der Waals surface area contributed by atoms with Gasteiger partial charge in [0, 0.05) is 5.75 Å². The summed E-state index contributed by atoms with van der Waals surface area (Å²) in [6.45, 7) is 1.96. The van der Waals surface area contributed by atoms with Crippen LogP contribution in [-0.2, 0) is 0 Å². The van der Waals surface area contributed by atoms with Gasteiger partial charge < -0.3 is 5.32 Å². The SMILES string of the molecule is Cc1ccc(F)c(NC2=NC3(CCCC3)CS2)c1. The lowest BCUT2D eigenvalue weighted by Gasteiger charge is -2.16. The molecule has 1 N–H and O–H groups in total. The second kappa shape index (κ2) is 4.57. The number of hydrogen-bond donors (Lipinski definition) is 1. The Bertz CT molecular complexity index is 493. The van der Waals surface area contributed by atoms with E-state index in [1.54, 1.807) is 17.8 Å². The molecule has 0 aromatic heterocycles. The van der Waals surface area contributed by atoms with Crippen molar-refractivity contribution in [3.63, 3.8) is 0 Å². The molecule has 1 heterocycles. The lowest BCUT2D eigenvalue weighted by molar-refractivity contribution is 0.508. The van der Waals surface area contributed by atoms with Gasteiger partial charge in [-0.1, -0.05) is 30.7 Å². The smallest absolute Gasteiger partial charge is 0.161 e. The number of amidine groups is 1. The largest absolute Gasteiger partial charge is 0.333 e. The number of benzene rings is 1. The molecule has 2 nitrogen and oxygen atoms in total. The molecule has 1 aromatic rings. The molecular formula is C14H17FN2S. The van der Waals surface area contributed by atoms with Gasteiger partial charge in [-0.05, 0) is 37.5 Å². The molecule has 1 aromatic carbocycles. The van der Waals surface area contributed by atoms with Crippen LogP contribution in [0.5, 0.6) is 0 Å². The van der Waals surface area contributed by atoms with Crippen LogP contribution in [0.25, 0.3) is 0 Å². The van der Waals surface area contributed by atoms with E-state index in [0.29, 0.717) is 5.69 Å². The van der Waals surface area contributed by atoms with Crippen LogP contribution in [0.2, 0.25) is 0 Å². The van der Waals surface area contributed by atoms with Gasteiger partial charge in [0.05, 0.1) is 11.2 Å². The average molecular weight is 264 g/mol. The van der Waals surface area contributed by atoms with E-state index in [-0.39, 0.29) is 11.4 Å². The Labute approximate surface area is 111 Å². The molecule has 0 radical (unpaired) electrons. The number of aryl methyl sites for hydroxylation is 1. The second-order valence-electron chi connectivity index (χ2n) is 5.25. The van der Waals surface area contributed by atoms with Gasteiger partial charge in [0.1, 0.15) is 5.82 Å². The first-order chi connectivity index (χ1) is 8.67. The van der Waals surface area contributed by atoms with Crippen LogP contribution in [0.1, 0.15) is 31.2 Å². The summed E-state index contributed by atoms with van der Waals surface area (Å²) < 4.78 is 13.7. The minimum atomic E-state index is -0.212. The number of hydrogen-bond acceptors (Lipinski definition) is 3. The third kappa shape index (κ3) is 2.26. The van der Waals surface area contributed by atoms with Crippen molar-refractivity contribution in [1.29, 1.82) is 0 Å². The van der Waals surface area contributed by atoms with Crippen LogP contribution in [0.3, 0.4) is 0 Å². The van der Waals surface area contributed by atoms with Gasteiger partial charge in [-0.15, -0.1) is 0 Å². The normalized spacial score (nSPS) is 21.3. The summed E-state index contributed by atoms with van der Waals surface area (Å²) >= 11 is 1.72. The molecule has 0 saturated heterocycles. The van der Waals surface area contributed by atoms with E-state index in [1.807, 2.05) is 13.0 Å². The highest BCUT2D eigenvalue weighted by Gasteiger charge is 2.38. The van der Waals surface area contributed by atoms with Crippen molar-refractivity contribution in [1.82, 2.24) is 0 Å². The third-order valence-corrected chi connectivity index (χ3v) is 4.86. The van der Waals surface area contributed by atoms with E-state index >= 15 is 0 Å². The quantitative estimate of drug-likeness (QED) is 0.830. The summed E-state index contributed by atoms with van der Waals surface area (Å²) in [6.07, 6.45) is 4.91. The molecule has 0 bridgehead atoms. The Morgan fingerprint density at radius 1 is 1.33 bits per heavy atom. The highest BCUT2D eigenvalue weighted by Crippen LogP contribution is 2.41. The maximum atomic E-state index is 13.7. The first-order valence-electron chi connectivity index (χ1n) is 6.43. The summed E-state index contributed by atoms with van der Waals surface area (Å²) in [6, 6.07) is 5.11. The molecular weight excluding hydrogens is 247 g/mol. The van der Waals surface area contributed by atoms with E-state index < -0.39 is 0 Å². The van der Waals surface area contributed by atoms with Gasteiger partial charge in [0.15, 0.2) is 5.17 Å². The van der Waals surface area contributed by atoms with Crippen molar-refractivity contribution in [3.8, 4) is 0 Å². The average Bonchev–Trinajstić information content (AvgIpc) is 2.95. The van der Waals surface area contributed by atoms with Crippen LogP contribution < -0.4 is 5.32 Å². The van der Waals surface area contributed by atoms with E-state index in [2.05, 4.69) is 5.32 Å². The lowest BCUT2D eigenvalue weighted by atomic mass is 10.0. The fourth-order valence-corrected chi connectivity index (χ4v) is 3.88. The van der Waals surface area contributed by atoms with Crippen molar-refractivity contribution in [2.45, 2.75) is 38.1 Å². The van der Waals surface area contributed by atoms with E-state index in [4.69, 9.17) is 4.99 Å². The zero-order chi connectivity index (χ0) is 12.6. The van der Waals surface area contributed by atoms with Gasteiger partial charge >= 0.3 is 0 Å². The fourth-order valence-electron chi connectivity index (χ4n) is 2.69. The first kappa shape index (κ1) is 12.0. The molecule has 1 saturated carbocycles. The zero-order valence-electron chi connectivity index (χ0n) is 10.5. The van der Waals surface area contributed by atoms with E-state index in [0.717, 1.165) is 16.5 Å². The monoisotopic (exact) mass is 264 g/mol. The Hall–Kier alpha value is -1.03. The summed E-state index contributed by atoms with van der Waals surface area (Å²) in [5, 5.41) is 4.02. The van der Waals surface area contributed by atoms with Crippen molar-refractivity contribution in [2.24, 2.45) is 4.99 Å². The predicted octanol–water partition coefficient (Wildman–Crippen LogP) is 3.96. The van der Waals surface area contributed by atoms with Crippen molar-refractivity contribution in [3.05, 3.63) is 29.6 Å². The molecule has 1 aliphatic carbocycles. The molecule has 18 heavy (non-hydrogen) atoms. The highest BCUT2D eigenvalue weighted by atomic mass is 32.2. The summed E-state index contributed by atoms with van der Waals surface area (Å²) in [5.74, 6) is 0.833. The fraction of sp³-hybridized carbons (Fsp3) is 0.500. The van der Waals surface area contributed by atoms with Crippen LogP contribution >= 0.6 is 11.8 Å². The Balaban J connectivity index is 1.79. The van der Waals surface area contributed by atoms with Crippen LogP contribution in [0, 0.1) is 12.7 Å². The molecule has 0 amide bonds. The van der Waals surface area contributed by atoms with Crippen molar-refractivity contribution >= 4 is 22.6 Å². The summed E-state index contributed by atoms with van der Waals surface area (Å²) in [4.78, 5) is 4.79. The number of rotatable bonds is 1. The molecule has 1 aliphatic heterocycles. The number of thioether (sulfide) groups is 1. The topological polar surface area (TPSA) is 24.4 Å². The van der Waals surface area contributed by atoms with E-state index in [1.165, 1.54) is 31.7 Å². The van der Waals surface area contributed by atoms with Gasteiger partial charge in [-0.25, -0.2) is 4.39 Å². The zero-order valence-corrected chi connectivity index (χ0v) is 11.3. The number of halogens is 1. The molecule has 4 heteroatoms. The molecule has 2 aliphatic rings. The summed E-state index contributed by atoms with van der Waals surface area (Å²) in [7, 11) is 0. The van der Waals surface area contributed by atoms with Crippen molar-refractivity contribution < 1.29 is 4.39 Å². The molecule has 3 rings (SSSR count). The molecule has 1 fully saturated rings. The van der Waals surface area contributed by atoms with E-state index in [9.17, 15) is 4.39 Å². The Morgan fingerprint density at radius 2 is 2.11 bits per heavy atom. The second-order valence-corrected chi connectivity index (χ2v) is 6.21. The molecule has 1 spiro atoms.